The first kappa shape index (κ1) is 40.0. The lowest BCUT2D eigenvalue weighted by atomic mass is 10.3. The van der Waals surface area contributed by atoms with Crippen LogP contribution < -0.4 is 39.4 Å². The van der Waals surface area contributed by atoms with Crippen LogP contribution in [0, 0.1) is 0 Å². The molecule has 0 radical (unpaired) electrons. The van der Waals surface area contributed by atoms with Crippen molar-refractivity contribution in [3.05, 3.63) is 40.8 Å². The number of hydrogen-bond donors (Lipinski definition) is 3. The smallest absolute Gasteiger partial charge is 0.481 e. The highest BCUT2D eigenvalue weighted by molar-refractivity contribution is 8.03. The van der Waals surface area contributed by atoms with Gasteiger partial charge in [-0.05, 0) is 12.1 Å². The van der Waals surface area contributed by atoms with E-state index in [-0.39, 0.29) is 32.1 Å². The zero-order valence-corrected chi connectivity index (χ0v) is 28.2. The molecule has 0 aliphatic carbocycles. The maximum atomic E-state index is 12.4. The number of anilines is 1. The second-order valence-electron chi connectivity index (χ2n) is 8.63. The van der Waals surface area contributed by atoms with Crippen molar-refractivity contribution in [1.29, 1.82) is 0 Å². The highest BCUT2D eigenvalue weighted by Gasteiger charge is 2.35. The number of amides is 3. The normalized spacial score (nSPS) is 11.9. The van der Waals surface area contributed by atoms with Crippen LogP contribution >= 0.6 is 0 Å². The summed E-state index contributed by atoms with van der Waals surface area (Å²) in [7, 11) is -7.71. The second-order valence-corrected chi connectivity index (χ2v) is 14.2. The van der Waals surface area contributed by atoms with Crippen LogP contribution in [0.25, 0.3) is 0 Å². The fourth-order valence-electron chi connectivity index (χ4n) is 2.98. The predicted octanol–water partition coefficient (Wildman–Crippen LogP) is -0.813. The van der Waals surface area contributed by atoms with Gasteiger partial charge in [-0.1, -0.05) is 15.8 Å². The number of methoxy groups -OCH3 is 3. The summed E-state index contributed by atoms with van der Waals surface area (Å²) in [4.78, 5) is 42.1. The molecule has 28 heteroatoms. The van der Waals surface area contributed by atoms with Gasteiger partial charge in [0.1, 0.15) is 10.6 Å². The fraction of sp³-hybridized carbons (Fsp3) is 0.333. The van der Waals surface area contributed by atoms with Crippen molar-refractivity contribution in [1.82, 2.24) is 37.5 Å². The molecule has 0 bridgehead atoms. The van der Waals surface area contributed by atoms with E-state index in [0.717, 1.165) is 43.0 Å². The maximum absolute atomic E-state index is 12.4. The van der Waals surface area contributed by atoms with E-state index in [1.807, 2.05) is 5.32 Å². The third-order valence-electron chi connectivity index (χ3n) is 5.25. The molecule has 2 aromatic heterocycles. The van der Waals surface area contributed by atoms with Crippen molar-refractivity contribution >= 4 is 48.3 Å². The van der Waals surface area contributed by atoms with Crippen molar-refractivity contribution in [3.63, 3.8) is 0 Å². The molecule has 49 heavy (non-hydrogen) atoms. The predicted molar refractivity (Wildman–Crippen MR) is 157 cm³/mol. The number of nitrogens with one attached hydrogen (secondary N) is 3. The molecule has 0 spiro atoms. The number of benzene rings is 1. The number of rotatable bonds is 10. The summed E-state index contributed by atoms with van der Waals surface area (Å²) in [5, 5.41) is 5.47. The van der Waals surface area contributed by atoms with Crippen LogP contribution in [0.4, 0.5) is 28.7 Å². The number of alkyl halides is 3. The number of hydrogen-bond acceptors (Lipinski definition) is 16. The summed E-state index contributed by atoms with van der Waals surface area (Å²) < 4.78 is 129. The molecule has 0 unspecified atom stereocenters. The lowest BCUT2D eigenvalue weighted by Gasteiger charge is -2.15. The number of carbonyl (C=O) groups excluding carboxylic acids is 2. The molecule has 22 nitrogen and oxygen atoms in total. The first-order valence-electron chi connectivity index (χ1n) is 12.3. The highest BCUT2D eigenvalue weighted by Crippen LogP contribution is 2.29. The number of aromatic nitrogens is 5. The molecule has 1 aromatic carbocycles. The van der Waals surface area contributed by atoms with Gasteiger partial charge in [0.15, 0.2) is 0 Å². The minimum atomic E-state index is -5.15. The first-order chi connectivity index (χ1) is 22.4. The minimum Gasteiger partial charge on any atom is -0.481 e. The summed E-state index contributed by atoms with van der Waals surface area (Å²) >= 11 is 0. The van der Waals surface area contributed by atoms with E-state index in [1.54, 1.807) is 0 Å². The molecule has 0 saturated heterocycles. The molecule has 272 valence electrons. The number of halogens is 3. The Morgan fingerprint density at radius 3 is 1.94 bits per heavy atom. The van der Waals surface area contributed by atoms with Gasteiger partial charge in [0, 0.05) is 14.1 Å². The number of para-hydroxylation sites is 1. The zero-order chi connectivity index (χ0) is 37.5. The van der Waals surface area contributed by atoms with Crippen LogP contribution in [0.15, 0.2) is 40.0 Å². The van der Waals surface area contributed by atoms with E-state index in [2.05, 4.69) is 19.8 Å². The van der Waals surface area contributed by atoms with Gasteiger partial charge >= 0.3 is 40.3 Å². The average molecular weight is 766 g/mol. The van der Waals surface area contributed by atoms with Crippen LogP contribution in [-0.2, 0) is 37.3 Å². The van der Waals surface area contributed by atoms with E-state index in [0.29, 0.717) is 6.26 Å². The van der Waals surface area contributed by atoms with Crippen LogP contribution in [0.2, 0.25) is 0 Å². The average Bonchev–Trinajstić information content (AvgIpc) is 3.28. The van der Waals surface area contributed by atoms with E-state index in [9.17, 15) is 52.8 Å². The van der Waals surface area contributed by atoms with Crippen molar-refractivity contribution in [2.75, 3.05) is 39.9 Å². The van der Waals surface area contributed by atoms with Crippen molar-refractivity contribution in [2.24, 2.45) is 7.05 Å². The SMILES string of the molecule is COc1cc(OC)nc(NC(=O)NS(=O)(=O)N(C)S(C)(=O)=O)n1.COc1nn(C(=O)NS(=O)(=O)c2ccccc2OC(F)(F)F)c(=O)n1C. The summed E-state index contributed by atoms with van der Waals surface area (Å²) in [5.74, 6) is -1.24. The molecule has 0 fully saturated rings. The fourth-order valence-corrected chi connectivity index (χ4v) is 5.99. The molecular weight excluding hydrogens is 739 g/mol. The Hall–Kier alpha value is -5.22. The van der Waals surface area contributed by atoms with Crippen molar-refractivity contribution in [2.45, 2.75) is 11.3 Å². The van der Waals surface area contributed by atoms with Crippen LogP contribution in [0.5, 0.6) is 23.5 Å². The van der Waals surface area contributed by atoms with Crippen LogP contribution in [0.1, 0.15) is 0 Å². The summed E-state index contributed by atoms with van der Waals surface area (Å²) in [6.45, 7) is 0. The van der Waals surface area contributed by atoms with Gasteiger partial charge in [-0.15, -0.1) is 23.0 Å². The molecule has 2 heterocycles. The standard InChI is InChI=1S/C12H11F3N4O6S.C9H15N5O7S2/c1-18-10(24-2)16-19(11(18)21)9(20)17-26(22,23)8-6-4-3-5-7(8)25-12(13,14)15;1-14(22(4,16)17)23(18,19)13-9(15)12-8-10-6(20-2)5-7(11-8)21-3/h3-6H,1-2H3,(H,17,20);5H,1-4H3,(H2,10,11,12,13,15). The Morgan fingerprint density at radius 1 is 0.918 bits per heavy atom. The Labute approximate surface area is 275 Å². The minimum absolute atomic E-state index is 0.00654. The van der Waals surface area contributed by atoms with Gasteiger partial charge in [0.05, 0.1) is 33.7 Å². The number of nitrogens with zero attached hydrogens (tertiary/aromatic N) is 6. The molecule has 3 N–H and O–H groups in total. The molecule has 0 atom stereocenters. The van der Waals surface area contributed by atoms with Crippen molar-refractivity contribution in [3.8, 4) is 23.5 Å². The Bertz CT molecular complexity index is 2060. The van der Waals surface area contributed by atoms with E-state index in [4.69, 9.17) is 14.2 Å². The van der Waals surface area contributed by atoms with Gasteiger partial charge in [-0.2, -0.15) is 18.4 Å². The molecule has 3 amide bonds. The first-order valence-corrected chi connectivity index (χ1v) is 17.1. The second kappa shape index (κ2) is 15.3. The summed E-state index contributed by atoms with van der Waals surface area (Å²) in [6, 6.07) is 2.03. The van der Waals surface area contributed by atoms with E-state index < -0.39 is 65.0 Å². The van der Waals surface area contributed by atoms with Crippen molar-refractivity contribution < 1.29 is 67.0 Å². The third kappa shape index (κ3) is 10.9. The number of urea groups is 1. The Kier molecular flexibility index (Phi) is 12.5. The summed E-state index contributed by atoms with van der Waals surface area (Å²) in [6.07, 6.45) is -4.49. The molecule has 3 rings (SSSR count). The van der Waals surface area contributed by atoms with E-state index in [1.165, 1.54) is 36.8 Å². The van der Waals surface area contributed by atoms with Crippen LogP contribution in [-0.4, -0.2) is 106 Å². The Balaban J connectivity index is 0.000000343. The quantitative estimate of drug-likeness (QED) is 0.228. The van der Waals surface area contributed by atoms with Gasteiger partial charge in [-0.3, -0.25) is 5.32 Å². The van der Waals surface area contributed by atoms with E-state index >= 15 is 0 Å². The number of ether oxygens (including phenoxy) is 4. The van der Waals surface area contributed by atoms with Crippen LogP contribution in [0.3, 0.4) is 0 Å². The lowest BCUT2D eigenvalue weighted by molar-refractivity contribution is -0.275. The topological polar surface area (TPSA) is 278 Å². The molecular formula is C21H26F3N9O13S3. The monoisotopic (exact) mass is 765 g/mol. The van der Waals surface area contributed by atoms with Gasteiger partial charge < -0.3 is 18.9 Å². The lowest BCUT2D eigenvalue weighted by Crippen LogP contribution is -2.45. The third-order valence-corrected chi connectivity index (χ3v) is 10.1. The zero-order valence-electron chi connectivity index (χ0n) is 25.7. The maximum Gasteiger partial charge on any atom is 0.573 e. The Morgan fingerprint density at radius 2 is 1.47 bits per heavy atom. The molecule has 0 aliphatic rings. The van der Waals surface area contributed by atoms with Gasteiger partial charge in [-0.25, -0.2) is 45.2 Å². The number of carbonyl (C=O) groups is 2. The van der Waals surface area contributed by atoms with Gasteiger partial charge in [0.25, 0.3) is 10.0 Å². The largest absolute Gasteiger partial charge is 0.573 e. The number of sulfonamides is 2. The summed E-state index contributed by atoms with van der Waals surface area (Å²) in [5.41, 5.74) is -1.03. The molecule has 3 aromatic rings. The van der Waals surface area contributed by atoms with Gasteiger partial charge in [0.2, 0.25) is 27.7 Å². The molecule has 0 aliphatic heterocycles. The highest BCUT2D eigenvalue weighted by atomic mass is 32.3. The molecule has 0 saturated carbocycles.